The highest BCUT2D eigenvalue weighted by Gasteiger charge is 2.32. The topological polar surface area (TPSA) is 118 Å². The molecule has 8 nitrogen and oxygen atoms in total. The second kappa shape index (κ2) is 7.27. The van der Waals surface area contributed by atoms with Crippen molar-refractivity contribution in [3.05, 3.63) is 47.9 Å². The van der Waals surface area contributed by atoms with Crippen LogP contribution in [0.1, 0.15) is 54.9 Å². The van der Waals surface area contributed by atoms with Crippen LogP contribution in [0.25, 0.3) is 11.4 Å². The van der Waals surface area contributed by atoms with Gasteiger partial charge in [-0.15, -0.1) is 0 Å². The molecular weight excluding hydrogens is 352 g/mol. The van der Waals surface area contributed by atoms with Crippen LogP contribution in [0.15, 0.2) is 30.6 Å². The molecule has 0 unspecified atom stereocenters. The van der Waals surface area contributed by atoms with Gasteiger partial charge in [0.05, 0.1) is 0 Å². The summed E-state index contributed by atoms with van der Waals surface area (Å²) in [5.74, 6) is 4.41. The van der Waals surface area contributed by atoms with Crippen molar-refractivity contribution < 1.29 is 0 Å². The van der Waals surface area contributed by atoms with Crippen LogP contribution >= 0.6 is 0 Å². The summed E-state index contributed by atoms with van der Waals surface area (Å²) < 4.78 is 0. The molecule has 2 aliphatic carbocycles. The van der Waals surface area contributed by atoms with E-state index < -0.39 is 0 Å². The summed E-state index contributed by atoms with van der Waals surface area (Å²) in [6.07, 6.45) is 8.68. The molecule has 144 valence electrons. The van der Waals surface area contributed by atoms with Gasteiger partial charge in [-0.2, -0.15) is 5.10 Å². The van der Waals surface area contributed by atoms with Gasteiger partial charge in [-0.25, -0.2) is 15.0 Å². The Kier molecular flexibility index (Phi) is 4.48. The zero-order valence-electron chi connectivity index (χ0n) is 15.7. The van der Waals surface area contributed by atoms with Gasteiger partial charge < -0.3 is 11.1 Å². The lowest BCUT2D eigenvalue weighted by Gasteiger charge is -2.32. The summed E-state index contributed by atoms with van der Waals surface area (Å²) in [5, 5.41) is 10.7. The summed E-state index contributed by atoms with van der Waals surface area (Å²) in [6.45, 7) is 0.729. The average Bonchev–Trinajstić information content (AvgIpc) is 3.45. The minimum absolute atomic E-state index is 0.321. The van der Waals surface area contributed by atoms with Crippen molar-refractivity contribution in [2.45, 2.75) is 50.0 Å². The third kappa shape index (κ3) is 3.73. The number of nitrogens with zero attached hydrogens (tertiary/aromatic N) is 5. The number of hydrogen-bond acceptors (Lipinski definition) is 7. The minimum atomic E-state index is 0.321. The predicted octanol–water partition coefficient (Wildman–Crippen LogP) is 2.39. The van der Waals surface area contributed by atoms with Crippen LogP contribution in [-0.4, -0.2) is 42.7 Å². The molecule has 2 saturated carbocycles. The molecule has 4 N–H and O–H groups in total. The first kappa shape index (κ1) is 17.2. The molecule has 2 aliphatic rings. The van der Waals surface area contributed by atoms with Gasteiger partial charge in [0.2, 0.25) is 0 Å². The van der Waals surface area contributed by atoms with Gasteiger partial charge in [-0.3, -0.25) is 10.1 Å². The van der Waals surface area contributed by atoms with Crippen LogP contribution < -0.4 is 11.1 Å². The quantitative estimate of drug-likeness (QED) is 0.579. The van der Waals surface area contributed by atoms with E-state index in [2.05, 4.69) is 31.5 Å². The molecule has 5 rings (SSSR count). The highest BCUT2D eigenvalue weighted by atomic mass is 15.2. The number of hydrogen-bond donors (Lipinski definition) is 3. The highest BCUT2D eigenvalue weighted by Crippen LogP contribution is 2.41. The Hall–Kier alpha value is -2.87. The molecule has 3 heterocycles. The normalized spacial score (nSPS) is 21.3. The maximum absolute atomic E-state index is 5.96. The first-order chi connectivity index (χ1) is 13.7. The van der Waals surface area contributed by atoms with Gasteiger partial charge >= 0.3 is 0 Å². The summed E-state index contributed by atoms with van der Waals surface area (Å²) in [5.41, 5.74) is 8.01. The number of pyridine rings is 1. The molecule has 0 spiro atoms. The lowest BCUT2D eigenvalue weighted by Crippen LogP contribution is -2.35. The van der Waals surface area contributed by atoms with E-state index in [1.165, 1.54) is 12.8 Å². The number of H-pyrrole nitrogens is 1. The van der Waals surface area contributed by atoms with E-state index in [-0.39, 0.29) is 0 Å². The predicted molar refractivity (Wildman–Crippen MR) is 106 cm³/mol. The first-order valence-corrected chi connectivity index (χ1v) is 9.94. The Labute approximate surface area is 163 Å². The Morgan fingerprint density at radius 3 is 2.79 bits per heavy atom. The van der Waals surface area contributed by atoms with Crippen LogP contribution in [0.5, 0.6) is 0 Å². The van der Waals surface area contributed by atoms with Crippen molar-refractivity contribution in [3.8, 4) is 11.4 Å². The standard InChI is InChI=1S/C20H24N8/c21-15-8-14(9-15)16-10-18(26-19(24-16)12-3-4-12)23-7-5-17-25-20(28-27-17)13-2-1-6-22-11-13/h1-2,6,10-12,14-15H,3-5,7-9,21H2,(H,23,24,26)(H,25,27,28). The molecular formula is C20H24N8. The van der Waals surface area contributed by atoms with Crippen LogP contribution in [0, 0.1) is 0 Å². The van der Waals surface area contributed by atoms with Crippen LogP contribution in [0.3, 0.4) is 0 Å². The van der Waals surface area contributed by atoms with Gasteiger partial charge in [-0.05, 0) is 37.8 Å². The largest absolute Gasteiger partial charge is 0.370 e. The van der Waals surface area contributed by atoms with Crippen LogP contribution in [0.2, 0.25) is 0 Å². The number of nitrogens with two attached hydrogens (primary N) is 1. The van der Waals surface area contributed by atoms with E-state index >= 15 is 0 Å². The van der Waals surface area contributed by atoms with Gasteiger partial charge in [0.25, 0.3) is 0 Å². The molecule has 0 radical (unpaired) electrons. The Morgan fingerprint density at radius 2 is 2.04 bits per heavy atom. The van der Waals surface area contributed by atoms with Crippen molar-refractivity contribution in [3.63, 3.8) is 0 Å². The summed E-state index contributed by atoms with van der Waals surface area (Å²) in [7, 11) is 0. The minimum Gasteiger partial charge on any atom is -0.370 e. The highest BCUT2D eigenvalue weighted by molar-refractivity contribution is 5.52. The van der Waals surface area contributed by atoms with Crippen molar-refractivity contribution in [2.75, 3.05) is 11.9 Å². The summed E-state index contributed by atoms with van der Waals surface area (Å²) in [4.78, 5) is 18.2. The maximum Gasteiger partial charge on any atom is 0.182 e. The van der Waals surface area contributed by atoms with E-state index in [4.69, 9.17) is 15.7 Å². The molecule has 3 aromatic heterocycles. The fourth-order valence-electron chi connectivity index (χ4n) is 3.55. The molecule has 0 aliphatic heterocycles. The van der Waals surface area contributed by atoms with Crippen molar-refractivity contribution in [1.29, 1.82) is 0 Å². The molecule has 3 aromatic rings. The Bertz CT molecular complexity index is 944. The molecule has 8 heteroatoms. The SMILES string of the molecule is NC1CC(c2cc(NCCc3nc(-c4cccnc4)n[nH]3)nc(C3CC3)n2)C1. The first-order valence-electron chi connectivity index (χ1n) is 9.94. The van der Waals surface area contributed by atoms with Crippen LogP contribution in [0.4, 0.5) is 5.82 Å². The number of nitrogens with one attached hydrogen (secondary N) is 2. The second-order valence-electron chi connectivity index (χ2n) is 7.76. The van der Waals surface area contributed by atoms with Gasteiger partial charge in [0.15, 0.2) is 5.82 Å². The maximum atomic E-state index is 5.96. The Morgan fingerprint density at radius 1 is 1.14 bits per heavy atom. The third-order valence-corrected chi connectivity index (χ3v) is 5.42. The number of aromatic nitrogens is 6. The average molecular weight is 376 g/mol. The molecule has 0 bridgehead atoms. The second-order valence-corrected chi connectivity index (χ2v) is 7.76. The van der Waals surface area contributed by atoms with E-state index in [1.54, 1.807) is 12.4 Å². The van der Waals surface area contributed by atoms with Crippen molar-refractivity contribution in [1.82, 2.24) is 30.1 Å². The zero-order chi connectivity index (χ0) is 18.9. The van der Waals surface area contributed by atoms with E-state index in [0.717, 1.165) is 54.5 Å². The van der Waals surface area contributed by atoms with Crippen LogP contribution in [-0.2, 0) is 6.42 Å². The van der Waals surface area contributed by atoms with Gasteiger partial charge in [0.1, 0.15) is 17.5 Å². The van der Waals surface area contributed by atoms with Crippen molar-refractivity contribution in [2.24, 2.45) is 5.73 Å². The molecule has 0 saturated heterocycles. The van der Waals surface area contributed by atoms with Crippen molar-refractivity contribution >= 4 is 5.82 Å². The molecule has 0 atom stereocenters. The third-order valence-electron chi connectivity index (χ3n) is 5.42. The van der Waals surface area contributed by atoms with Gasteiger partial charge in [0, 0.05) is 60.6 Å². The summed E-state index contributed by atoms with van der Waals surface area (Å²) in [6, 6.07) is 6.24. The van der Waals surface area contributed by atoms with E-state index in [0.29, 0.717) is 23.7 Å². The smallest absolute Gasteiger partial charge is 0.182 e. The van der Waals surface area contributed by atoms with Gasteiger partial charge in [-0.1, -0.05) is 0 Å². The molecule has 28 heavy (non-hydrogen) atoms. The number of rotatable bonds is 7. The molecule has 0 aromatic carbocycles. The lowest BCUT2D eigenvalue weighted by atomic mass is 9.78. The van der Waals surface area contributed by atoms with E-state index in [1.807, 2.05) is 12.1 Å². The fraction of sp³-hybridized carbons (Fsp3) is 0.450. The number of aromatic amines is 1. The lowest BCUT2D eigenvalue weighted by molar-refractivity contribution is 0.344. The van der Waals surface area contributed by atoms with E-state index in [9.17, 15) is 0 Å². The molecule has 0 amide bonds. The fourth-order valence-corrected chi connectivity index (χ4v) is 3.55. The Balaban J connectivity index is 1.23. The summed E-state index contributed by atoms with van der Waals surface area (Å²) >= 11 is 0. The monoisotopic (exact) mass is 376 g/mol. The molecule has 2 fully saturated rings. The zero-order valence-corrected chi connectivity index (χ0v) is 15.7. The number of anilines is 1.